The highest BCUT2D eigenvalue weighted by Gasteiger charge is 2.22. The molecule has 1 unspecified atom stereocenters. The van der Waals surface area contributed by atoms with Gasteiger partial charge in [-0.05, 0) is 45.3 Å². The van der Waals surface area contributed by atoms with Crippen LogP contribution < -0.4 is 5.32 Å². The van der Waals surface area contributed by atoms with E-state index in [-0.39, 0.29) is 13.0 Å². The molecule has 1 rings (SSSR count). The zero-order valence-electron chi connectivity index (χ0n) is 13.3. The van der Waals surface area contributed by atoms with Crippen LogP contribution in [0.25, 0.3) is 0 Å². The number of amides is 1. The van der Waals surface area contributed by atoms with Gasteiger partial charge in [0.1, 0.15) is 11.4 Å². The lowest BCUT2D eigenvalue weighted by molar-refractivity contribution is 0.0506. The third-order valence-electron chi connectivity index (χ3n) is 2.77. The van der Waals surface area contributed by atoms with Gasteiger partial charge in [0.2, 0.25) is 0 Å². The highest BCUT2D eigenvalue weighted by molar-refractivity contribution is 5.68. The van der Waals surface area contributed by atoms with Crippen LogP contribution in [0.1, 0.15) is 32.8 Å². The second kappa shape index (κ2) is 8.54. The summed E-state index contributed by atoms with van der Waals surface area (Å²) in [6.45, 7) is 5.10. The standard InChI is InChI=1S/C17H24FNO3/c1-17(2,3)22-16(21)19-15(14(18)10-7-11-20)12-13-8-5-4-6-9-13/h4-6,8-10,15,20H,7,11-12H2,1-3H3,(H,19,21). The summed E-state index contributed by atoms with van der Waals surface area (Å²) < 4.78 is 19.4. The molecule has 122 valence electrons. The van der Waals surface area contributed by atoms with Crippen molar-refractivity contribution in [3.8, 4) is 0 Å². The van der Waals surface area contributed by atoms with Crippen molar-refractivity contribution in [2.24, 2.45) is 0 Å². The maximum absolute atomic E-state index is 14.2. The van der Waals surface area contributed by atoms with Crippen LogP contribution in [-0.2, 0) is 11.2 Å². The van der Waals surface area contributed by atoms with Gasteiger partial charge in [-0.1, -0.05) is 30.3 Å². The highest BCUT2D eigenvalue weighted by Crippen LogP contribution is 2.14. The van der Waals surface area contributed by atoms with Crippen molar-refractivity contribution in [3.63, 3.8) is 0 Å². The number of carbonyl (C=O) groups is 1. The number of aliphatic hydroxyl groups excluding tert-OH is 1. The number of hydrogen-bond acceptors (Lipinski definition) is 3. The minimum absolute atomic E-state index is 0.141. The molecule has 1 amide bonds. The first-order valence-electron chi connectivity index (χ1n) is 7.31. The molecule has 1 aromatic carbocycles. The summed E-state index contributed by atoms with van der Waals surface area (Å²) in [5, 5.41) is 11.3. The van der Waals surface area contributed by atoms with E-state index in [1.54, 1.807) is 20.8 Å². The van der Waals surface area contributed by atoms with Crippen LogP contribution in [0.4, 0.5) is 9.18 Å². The van der Waals surface area contributed by atoms with Crippen molar-refractivity contribution in [3.05, 3.63) is 47.8 Å². The van der Waals surface area contributed by atoms with E-state index in [4.69, 9.17) is 9.84 Å². The molecule has 2 N–H and O–H groups in total. The Kier molecular flexibility index (Phi) is 7.05. The van der Waals surface area contributed by atoms with E-state index in [9.17, 15) is 9.18 Å². The Balaban J connectivity index is 2.80. The van der Waals surface area contributed by atoms with Gasteiger partial charge in [0.25, 0.3) is 0 Å². The second-order valence-corrected chi connectivity index (χ2v) is 5.99. The van der Waals surface area contributed by atoms with E-state index < -0.39 is 23.6 Å². The SMILES string of the molecule is CC(C)(C)OC(=O)NC(Cc1ccccc1)C(F)=CCCO. The van der Waals surface area contributed by atoms with Crippen LogP contribution in [0.2, 0.25) is 0 Å². The number of halogens is 1. The summed E-state index contributed by atoms with van der Waals surface area (Å²) >= 11 is 0. The smallest absolute Gasteiger partial charge is 0.408 e. The van der Waals surface area contributed by atoms with Crippen molar-refractivity contribution in [1.82, 2.24) is 5.32 Å². The van der Waals surface area contributed by atoms with Crippen LogP contribution in [-0.4, -0.2) is 29.4 Å². The van der Waals surface area contributed by atoms with Crippen molar-refractivity contribution in [2.45, 2.75) is 45.3 Å². The van der Waals surface area contributed by atoms with Crippen LogP contribution in [0.15, 0.2) is 42.2 Å². The number of hydrogen-bond donors (Lipinski definition) is 2. The third-order valence-corrected chi connectivity index (χ3v) is 2.77. The van der Waals surface area contributed by atoms with Crippen molar-refractivity contribution in [1.29, 1.82) is 0 Å². The van der Waals surface area contributed by atoms with E-state index in [0.29, 0.717) is 6.42 Å². The lowest BCUT2D eigenvalue weighted by Crippen LogP contribution is -2.40. The molecule has 1 aromatic rings. The quantitative estimate of drug-likeness (QED) is 0.847. The average molecular weight is 309 g/mol. The van der Waals surface area contributed by atoms with Gasteiger partial charge in [-0.25, -0.2) is 9.18 Å². The zero-order chi connectivity index (χ0) is 16.6. The molecular formula is C17H24FNO3. The summed E-state index contributed by atoms with van der Waals surface area (Å²) in [7, 11) is 0. The lowest BCUT2D eigenvalue weighted by Gasteiger charge is -2.23. The summed E-state index contributed by atoms with van der Waals surface area (Å²) in [5.41, 5.74) is 0.253. The number of aliphatic hydroxyl groups is 1. The molecule has 4 nitrogen and oxygen atoms in total. The van der Waals surface area contributed by atoms with E-state index in [0.717, 1.165) is 5.56 Å². The third kappa shape index (κ3) is 7.22. The summed E-state index contributed by atoms with van der Waals surface area (Å²) in [5.74, 6) is -0.483. The largest absolute Gasteiger partial charge is 0.444 e. The molecule has 0 radical (unpaired) electrons. The number of benzene rings is 1. The molecule has 0 aliphatic carbocycles. The average Bonchev–Trinajstić information content (AvgIpc) is 2.43. The summed E-state index contributed by atoms with van der Waals surface area (Å²) in [4.78, 5) is 11.9. The van der Waals surface area contributed by atoms with E-state index in [1.165, 1.54) is 6.08 Å². The molecule has 0 saturated heterocycles. The van der Waals surface area contributed by atoms with Gasteiger partial charge in [-0.3, -0.25) is 0 Å². The van der Waals surface area contributed by atoms with Crippen LogP contribution >= 0.6 is 0 Å². The Bertz CT molecular complexity index is 494. The highest BCUT2D eigenvalue weighted by atomic mass is 19.1. The fourth-order valence-electron chi connectivity index (χ4n) is 1.86. The fraction of sp³-hybridized carbons (Fsp3) is 0.471. The molecule has 0 heterocycles. The summed E-state index contributed by atoms with van der Waals surface area (Å²) in [6.07, 6.45) is 1.13. The van der Waals surface area contributed by atoms with Crippen LogP contribution in [0, 0.1) is 0 Å². The Morgan fingerprint density at radius 3 is 2.55 bits per heavy atom. The predicted molar refractivity (Wildman–Crippen MR) is 84.2 cm³/mol. The molecule has 0 aliphatic rings. The molecule has 22 heavy (non-hydrogen) atoms. The van der Waals surface area contributed by atoms with Gasteiger partial charge in [-0.2, -0.15) is 0 Å². The van der Waals surface area contributed by atoms with Crippen LogP contribution in [0.3, 0.4) is 0 Å². The van der Waals surface area contributed by atoms with Crippen molar-refractivity contribution < 1.29 is 19.0 Å². The molecule has 0 aliphatic heterocycles. The number of rotatable bonds is 6. The molecule has 5 heteroatoms. The molecule has 0 saturated carbocycles. The Morgan fingerprint density at radius 1 is 1.36 bits per heavy atom. The first-order chi connectivity index (χ1) is 10.3. The van der Waals surface area contributed by atoms with Crippen molar-refractivity contribution >= 4 is 6.09 Å². The van der Waals surface area contributed by atoms with Crippen LogP contribution in [0.5, 0.6) is 0 Å². The van der Waals surface area contributed by atoms with Gasteiger partial charge in [0, 0.05) is 6.61 Å². The maximum Gasteiger partial charge on any atom is 0.408 e. The first kappa shape index (κ1) is 18.2. The molecule has 0 spiro atoms. The first-order valence-corrected chi connectivity index (χ1v) is 7.31. The van der Waals surface area contributed by atoms with Gasteiger partial charge in [0.15, 0.2) is 0 Å². The van der Waals surface area contributed by atoms with Gasteiger partial charge in [0.05, 0.1) is 6.04 Å². The summed E-state index contributed by atoms with van der Waals surface area (Å²) in [6, 6.07) is 8.50. The van der Waals surface area contributed by atoms with Gasteiger partial charge in [-0.15, -0.1) is 0 Å². The molecule has 0 aromatic heterocycles. The number of carbonyl (C=O) groups excluding carboxylic acids is 1. The molecule has 0 bridgehead atoms. The number of alkyl carbamates (subject to hydrolysis) is 1. The minimum Gasteiger partial charge on any atom is -0.444 e. The van der Waals surface area contributed by atoms with E-state index in [2.05, 4.69) is 5.32 Å². The Labute approximate surface area is 131 Å². The Hall–Kier alpha value is -1.88. The van der Waals surface area contributed by atoms with Crippen molar-refractivity contribution in [2.75, 3.05) is 6.61 Å². The molecule has 0 fully saturated rings. The predicted octanol–water partition coefficient (Wildman–Crippen LogP) is 3.36. The second-order valence-electron chi connectivity index (χ2n) is 5.99. The lowest BCUT2D eigenvalue weighted by atomic mass is 10.0. The van der Waals surface area contributed by atoms with E-state index >= 15 is 0 Å². The minimum atomic E-state index is -0.816. The zero-order valence-corrected chi connectivity index (χ0v) is 13.3. The van der Waals surface area contributed by atoms with E-state index in [1.807, 2.05) is 30.3 Å². The molecule has 1 atom stereocenters. The molecular weight excluding hydrogens is 285 g/mol. The topological polar surface area (TPSA) is 58.6 Å². The number of ether oxygens (including phenoxy) is 1. The normalized spacial score (nSPS) is 13.6. The number of nitrogens with one attached hydrogen (secondary N) is 1. The van der Waals surface area contributed by atoms with Gasteiger partial charge < -0.3 is 15.2 Å². The fourth-order valence-corrected chi connectivity index (χ4v) is 1.86. The maximum atomic E-state index is 14.2. The monoisotopic (exact) mass is 309 g/mol. The Morgan fingerprint density at radius 2 is 2.00 bits per heavy atom. The van der Waals surface area contributed by atoms with Gasteiger partial charge >= 0.3 is 6.09 Å².